The molecule has 2 rings (SSSR count). The predicted octanol–water partition coefficient (Wildman–Crippen LogP) is 2.93. The van der Waals surface area contributed by atoms with Crippen molar-refractivity contribution in [3.63, 3.8) is 0 Å². The highest BCUT2D eigenvalue weighted by Crippen LogP contribution is 2.31. The van der Waals surface area contributed by atoms with E-state index in [9.17, 15) is 22.8 Å². The van der Waals surface area contributed by atoms with E-state index >= 15 is 0 Å². The molecular weight excluding hydrogens is 365 g/mol. The van der Waals surface area contributed by atoms with Gasteiger partial charge in [-0.3, -0.25) is 4.79 Å². The molecule has 9 heteroatoms. The van der Waals surface area contributed by atoms with Gasteiger partial charge in [0.1, 0.15) is 11.8 Å². The lowest BCUT2D eigenvalue weighted by Crippen LogP contribution is -2.48. The summed E-state index contributed by atoms with van der Waals surface area (Å²) in [4.78, 5) is 23.6. The monoisotopic (exact) mass is 382 g/mol. The van der Waals surface area contributed by atoms with Gasteiger partial charge in [0.25, 0.3) is 0 Å². The molecule has 144 valence electrons. The third-order valence-corrected chi connectivity index (χ3v) is 3.73. The Morgan fingerprint density at radius 1 is 1.00 bits per heavy atom. The molecule has 2 amide bonds. The van der Waals surface area contributed by atoms with Gasteiger partial charge >= 0.3 is 12.5 Å². The van der Waals surface area contributed by atoms with Crippen LogP contribution in [0, 0.1) is 0 Å². The average Bonchev–Trinajstić information content (AvgIpc) is 2.62. The van der Waals surface area contributed by atoms with Gasteiger partial charge < -0.3 is 20.5 Å². The molecule has 0 heterocycles. The van der Waals surface area contributed by atoms with Crippen LogP contribution in [-0.2, 0) is 9.53 Å². The summed E-state index contributed by atoms with van der Waals surface area (Å²) in [5.74, 6) is -1.98. The van der Waals surface area contributed by atoms with Crippen molar-refractivity contribution in [3.8, 4) is 5.75 Å². The molecule has 2 aromatic carbocycles. The molecule has 0 saturated heterocycles. The fourth-order valence-corrected chi connectivity index (χ4v) is 2.62. The highest BCUT2D eigenvalue weighted by molar-refractivity contribution is 5.86. The number of amides is 2. The minimum Gasteiger partial charge on any atom is -0.453 e. The molecule has 27 heavy (non-hydrogen) atoms. The Bertz CT molecular complexity index is 779. The van der Waals surface area contributed by atoms with Crippen molar-refractivity contribution in [2.45, 2.75) is 18.3 Å². The second-order valence-electron chi connectivity index (χ2n) is 5.52. The zero-order chi connectivity index (χ0) is 20.0. The summed E-state index contributed by atoms with van der Waals surface area (Å²) in [6.07, 6.45) is -5.68. The fraction of sp³-hybridized carbons (Fsp3) is 0.222. The number of nitrogens with two attached hydrogens (primary N) is 1. The summed E-state index contributed by atoms with van der Waals surface area (Å²) in [5, 5.41) is 2.37. The number of hydrogen-bond donors (Lipinski definition) is 2. The number of primary amides is 1. The van der Waals surface area contributed by atoms with E-state index < -0.39 is 36.1 Å². The summed E-state index contributed by atoms with van der Waals surface area (Å²) in [6.45, 7) is 0. The average molecular weight is 382 g/mol. The SMILES string of the molecule is COC(=O)N[C@H](C(N)=O)C(c1ccccc1)c1ccc(OC(F)(F)F)cc1. The molecule has 0 saturated carbocycles. The van der Waals surface area contributed by atoms with Crippen LogP contribution in [0.25, 0.3) is 0 Å². The number of alkyl carbamates (subject to hydrolysis) is 1. The topological polar surface area (TPSA) is 90.6 Å². The molecule has 0 spiro atoms. The van der Waals surface area contributed by atoms with Gasteiger partial charge in [0.15, 0.2) is 0 Å². The van der Waals surface area contributed by atoms with Crippen LogP contribution in [-0.4, -0.2) is 31.5 Å². The number of nitrogens with one attached hydrogen (secondary N) is 1. The molecule has 0 bridgehead atoms. The largest absolute Gasteiger partial charge is 0.573 e. The number of alkyl halides is 3. The van der Waals surface area contributed by atoms with Gasteiger partial charge in [-0.2, -0.15) is 0 Å². The summed E-state index contributed by atoms with van der Waals surface area (Å²) in [5.41, 5.74) is 6.53. The number of carbonyl (C=O) groups excluding carboxylic acids is 2. The first-order valence-electron chi connectivity index (χ1n) is 7.75. The lowest BCUT2D eigenvalue weighted by Gasteiger charge is -2.26. The predicted molar refractivity (Wildman–Crippen MR) is 89.9 cm³/mol. The number of hydrogen-bond acceptors (Lipinski definition) is 4. The van der Waals surface area contributed by atoms with Crippen LogP contribution in [0.2, 0.25) is 0 Å². The quantitative estimate of drug-likeness (QED) is 0.804. The normalized spacial score (nSPS) is 13.3. The van der Waals surface area contributed by atoms with E-state index in [1.807, 2.05) is 0 Å². The number of rotatable bonds is 6. The van der Waals surface area contributed by atoms with Gasteiger partial charge in [0, 0.05) is 5.92 Å². The second kappa shape index (κ2) is 8.43. The molecule has 2 atom stereocenters. The zero-order valence-corrected chi connectivity index (χ0v) is 14.2. The fourth-order valence-electron chi connectivity index (χ4n) is 2.62. The van der Waals surface area contributed by atoms with Crippen molar-refractivity contribution in [3.05, 3.63) is 65.7 Å². The first-order chi connectivity index (χ1) is 12.7. The van der Waals surface area contributed by atoms with Crippen LogP contribution >= 0.6 is 0 Å². The summed E-state index contributed by atoms with van der Waals surface area (Å²) in [6, 6.07) is 12.4. The molecule has 0 aliphatic carbocycles. The summed E-state index contributed by atoms with van der Waals surface area (Å²) >= 11 is 0. The zero-order valence-electron chi connectivity index (χ0n) is 14.2. The Hall–Kier alpha value is -3.23. The molecular formula is C18H17F3N2O4. The molecule has 0 aliphatic heterocycles. The Morgan fingerprint density at radius 3 is 2.04 bits per heavy atom. The number of halogens is 3. The highest BCUT2D eigenvalue weighted by atomic mass is 19.4. The van der Waals surface area contributed by atoms with Crippen LogP contribution in [0.3, 0.4) is 0 Å². The molecule has 0 radical (unpaired) electrons. The molecule has 0 aromatic heterocycles. The van der Waals surface area contributed by atoms with Crippen LogP contribution in [0.15, 0.2) is 54.6 Å². The smallest absolute Gasteiger partial charge is 0.453 e. The first-order valence-corrected chi connectivity index (χ1v) is 7.75. The van der Waals surface area contributed by atoms with E-state index in [4.69, 9.17) is 5.73 Å². The molecule has 6 nitrogen and oxygen atoms in total. The van der Waals surface area contributed by atoms with Gasteiger partial charge in [-0.1, -0.05) is 42.5 Å². The minimum absolute atomic E-state index is 0.408. The maximum atomic E-state index is 12.3. The van der Waals surface area contributed by atoms with Crippen molar-refractivity contribution in [2.75, 3.05) is 7.11 Å². The van der Waals surface area contributed by atoms with Crippen molar-refractivity contribution in [1.82, 2.24) is 5.32 Å². The van der Waals surface area contributed by atoms with E-state index in [1.54, 1.807) is 30.3 Å². The van der Waals surface area contributed by atoms with Gasteiger partial charge in [-0.05, 0) is 23.3 Å². The maximum Gasteiger partial charge on any atom is 0.573 e. The Labute approximate surface area is 153 Å². The number of ether oxygens (including phenoxy) is 2. The maximum absolute atomic E-state index is 12.3. The Morgan fingerprint density at radius 2 is 1.56 bits per heavy atom. The van der Waals surface area contributed by atoms with E-state index in [0.717, 1.165) is 19.2 Å². The Kier molecular flexibility index (Phi) is 6.27. The van der Waals surface area contributed by atoms with Crippen LogP contribution in [0.1, 0.15) is 17.0 Å². The van der Waals surface area contributed by atoms with Crippen LogP contribution in [0.5, 0.6) is 5.75 Å². The van der Waals surface area contributed by atoms with Gasteiger partial charge in [0.05, 0.1) is 7.11 Å². The third kappa shape index (κ3) is 5.63. The molecule has 1 unspecified atom stereocenters. The number of benzene rings is 2. The van der Waals surface area contributed by atoms with E-state index in [-0.39, 0.29) is 0 Å². The first kappa shape index (κ1) is 20.1. The Balaban J connectivity index is 2.43. The van der Waals surface area contributed by atoms with Gasteiger partial charge in [0.2, 0.25) is 5.91 Å². The van der Waals surface area contributed by atoms with Crippen molar-refractivity contribution in [1.29, 1.82) is 0 Å². The standard InChI is InChI=1S/C18H17F3N2O4/c1-26-17(25)23-15(16(22)24)14(11-5-3-2-4-6-11)12-7-9-13(10-8-12)27-18(19,20)21/h2-10,14-15H,1H3,(H2,22,24)(H,23,25)/t14?,15-/m0/s1. The van der Waals surface area contributed by atoms with E-state index in [2.05, 4.69) is 14.8 Å². The molecule has 3 N–H and O–H groups in total. The van der Waals surface area contributed by atoms with Crippen LogP contribution < -0.4 is 15.8 Å². The van der Waals surface area contributed by atoms with Crippen molar-refractivity contribution >= 4 is 12.0 Å². The summed E-state index contributed by atoms with van der Waals surface area (Å²) < 4.78 is 45.4. The van der Waals surface area contributed by atoms with E-state index in [0.29, 0.717) is 11.1 Å². The second-order valence-corrected chi connectivity index (χ2v) is 5.52. The summed E-state index contributed by atoms with van der Waals surface area (Å²) in [7, 11) is 1.13. The minimum atomic E-state index is -4.82. The highest BCUT2D eigenvalue weighted by Gasteiger charge is 2.33. The van der Waals surface area contributed by atoms with Gasteiger partial charge in [-0.15, -0.1) is 13.2 Å². The van der Waals surface area contributed by atoms with E-state index in [1.165, 1.54) is 12.1 Å². The number of methoxy groups -OCH3 is 1. The number of carbonyl (C=O) groups is 2. The molecule has 0 fully saturated rings. The van der Waals surface area contributed by atoms with Crippen molar-refractivity contribution < 1.29 is 32.2 Å². The lowest BCUT2D eigenvalue weighted by molar-refractivity contribution is -0.274. The van der Waals surface area contributed by atoms with Crippen molar-refractivity contribution in [2.24, 2.45) is 5.73 Å². The lowest BCUT2D eigenvalue weighted by atomic mass is 9.84. The van der Waals surface area contributed by atoms with Crippen LogP contribution in [0.4, 0.5) is 18.0 Å². The third-order valence-electron chi connectivity index (χ3n) is 3.73. The molecule has 0 aliphatic rings. The molecule has 2 aromatic rings. The van der Waals surface area contributed by atoms with Gasteiger partial charge in [-0.25, -0.2) is 4.79 Å².